The normalized spacial score (nSPS) is 15.4. The largest absolute Gasteiger partial charge is 0.459 e. The zero-order chi connectivity index (χ0) is 14.8. The minimum atomic E-state index is -6.41. The molecule has 0 aromatic rings. The second-order valence-electron chi connectivity index (χ2n) is 3.26. The Hall–Kier alpha value is -1.06. The molecule has 0 fully saturated rings. The Morgan fingerprint density at radius 2 is 1.56 bits per heavy atom. The number of alkyl halides is 7. The van der Waals surface area contributed by atoms with Crippen molar-refractivity contribution in [2.45, 2.75) is 38.2 Å². The monoisotopic (exact) mass is 286 g/mol. The summed E-state index contributed by atoms with van der Waals surface area (Å²) in [6.07, 6.45) is -8.08. The number of hydrogen-bond donors (Lipinski definition) is 0. The van der Waals surface area contributed by atoms with Crippen molar-refractivity contribution in [3.8, 4) is 0 Å². The van der Waals surface area contributed by atoms with E-state index in [1.807, 2.05) is 0 Å². The lowest BCUT2D eigenvalue weighted by Crippen LogP contribution is -2.54. The molecule has 1 unspecified atom stereocenters. The van der Waals surface area contributed by atoms with E-state index in [1.165, 1.54) is 0 Å². The summed E-state index contributed by atoms with van der Waals surface area (Å²) in [7, 11) is 0. The Morgan fingerprint density at radius 3 is 1.89 bits per heavy atom. The van der Waals surface area contributed by atoms with Gasteiger partial charge in [0.05, 0.1) is 0 Å². The molecule has 0 aromatic heterocycles. The first-order valence-electron chi connectivity index (χ1n) is 4.42. The van der Waals surface area contributed by atoms with E-state index in [4.69, 9.17) is 0 Å². The lowest BCUT2D eigenvalue weighted by molar-refractivity contribution is -0.365. The molecule has 0 rings (SSSR count). The summed E-state index contributed by atoms with van der Waals surface area (Å²) in [5, 5.41) is 0. The highest BCUT2D eigenvalue weighted by Gasteiger charge is 2.73. The van der Waals surface area contributed by atoms with E-state index in [9.17, 15) is 35.5 Å². The first-order valence-corrected chi connectivity index (χ1v) is 4.42. The molecule has 0 amide bonds. The van der Waals surface area contributed by atoms with Crippen molar-refractivity contribution in [2.24, 2.45) is 0 Å². The Labute approximate surface area is 96.8 Å². The molecule has 10 heteroatoms. The molecule has 18 heavy (non-hydrogen) atoms. The first-order chi connectivity index (χ1) is 7.81. The van der Waals surface area contributed by atoms with Gasteiger partial charge in [-0.15, -0.1) is 0 Å². The third kappa shape index (κ3) is 4.00. The molecule has 3 nitrogen and oxygen atoms in total. The smallest absolute Gasteiger partial charge is 0.436 e. The molecule has 0 aliphatic rings. The number of hydrogen-bond acceptors (Lipinski definition) is 3. The summed E-state index contributed by atoms with van der Waals surface area (Å²) >= 11 is 0. The molecule has 0 heterocycles. The van der Waals surface area contributed by atoms with E-state index in [-0.39, 0.29) is 0 Å². The van der Waals surface area contributed by atoms with Crippen LogP contribution in [-0.4, -0.2) is 36.9 Å². The second-order valence-corrected chi connectivity index (χ2v) is 3.26. The Balaban J connectivity index is 4.62. The number of carbonyl (C=O) groups excluding carboxylic acids is 1. The van der Waals surface area contributed by atoms with Crippen LogP contribution in [0.4, 0.5) is 30.7 Å². The average molecular weight is 286 g/mol. The zero-order valence-corrected chi connectivity index (χ0v) is 9.15. The quantitative estimate of drug-likeness (QED) is 0.443. The fourth-order valence-electron chi connectivity index (χ4n) is 0.788. The molecular weight excluding hydrogens is 277 g/mol. The fourth-order valence-corrected chi connectivity index (χ4v) is 0.788. The molecule has 0 radical (unpaired) electrons. The van der Waals surface area contributed by atoms with E-state index in [0.717, 1.165) is 13.8 Å². The van der Waals surface area contributed by atoms with Gasteiger partial charge in [-0.05, 0) is 6.92 Å². The van der Waals surface area contributed by atoms with Crippen LogP contribution in [0.1, 0.15) is 13.8 Å². The van der Waals surface area contributed by atoms with Gasteiger partial charge in [0.15, 0.2) is 6.29 Å². The van der Waals surface area contributed by atoms with Crippen molar-refractivity contribution in [3.63, 3.8) is 0 Å². The zero-order valence-electron chi connectivity index (χ0n) is 9.15. The van der Waals surface area contributed by atoms with Crippen molar-refractivity contribution >= 4 is 5.97 Å². The van der Waals surface area contributed by atoms with Crippen molar-refractivity contribution in [1.82, 2.24) is 0 Å². The van der Waals surface area contributed by atoms with Gasteiger partial charge in [-0.2, -0.15) is 30.7 Å². The summed E-state index contributed by atoms with van der Waals surface area (Å²) in [6.45, 7) is -0.473. The van der Waals surface area contributed by atoms with Gasteiger partial charge in [-0.25, -0.2) is 0 Å². The van der Waals surface area contributed by atoms with Crippen molar-refractivity contribution in [3.05, 3.63) is 0 Å². The van der Waals surface area contributed by atoms with Gasteiger partial charge in [0.25, 0.3) is 0 Å². The minimum Gasteiger partial charge on any atom is -0.436 e. The molecule has 108 valence electrons. The summed E-state index contributed by atoms with van der Waals surface area (Å²) in [4.78, 5) is 10.3. The van der Waals surface area contributed by atoms with Crippen LogP contribution in [0.25, 0.3) is 0 Å². The van der Waals surface area contributed by atoms with E-state index in [0.29, 0.717) is 0 Å². The number of rotatable bonds is 5. The Bertz CT molecular complexity index is 300. The molecule has 0 aromatic carbocycles. The summed E-state index contributed by atoms with van der Waals surface area (Å²) in [5.41, 5.74) is 0. The predicted molar refractivity (Wildman–Crippen MR) is 43.1 cm³/mol. The first kappa shape index (κ1) is 16.9. The third-order valence-corrected chi connectivity index (χ3v) is 1.65. The van der Waals surface area contributed by atoms with Gasteiger partial charge < -0.3 is 9.47 Å². The molecule has 1 atom stereocenters. The Kier molecular flexibility index (Phi) is 4.98. The highest BCUT2D eigenvalue weighted by molar-refractivity contribution is 5.65. The van der Waals surface area contributed by atoms with Gasteiger partial charge >= 0.3 is 24.0 Å². The lowest BCUT2D eigenvalue weighted by Gasteiger charge is -2.28. The molecule has 0 bridgehead atoms. The van der Waals surface area contributed by atoms with Gasteiger partial charge in [-0.3, -0.25) is 4.79 Å². The Morgan fingerprint density at radius 1 is 1.11 bits per heavy atom. The van der Waals surface area contributed by atoms with E-state index in [2.05, 4.69) is 9.47 Å². The van der Waals surface area contributed by atoms with Crippen molar-refractivity contribution in [1.29, 1.82) is 0 Å². The molecule has 0 aliphatic heterocycles. The maximum Gasteiger partial charge on any atom is 0.459 e. The van der Waals surface area contributed by atoms with Crippen LogP contribution in [0.3, 0.4) is 0 Å². The summed E-state index contributed by atoms with van der Waals surface area (Å²) in [6, 6.07) is 0. The topological polar surface area (TPSA) is 35.5 Å². The summed E-state index contributed by atoms with van der Waals surface area (Å²) < 4.78 is 93.2. The predicted octanol–water partition coefficient (Wildman–Crippen LogP) is 2.75. The maximum absolute atomic E-state index is 12.7. The minimum absolute atomic E-state index is 0.877. The van der Waals surface area contributed by atoms with Crippen LogP contribution < -0.4 is 0 Å². The van der Waals surface area contributed by atoms with E-state index >= 15 is 0 Å². The van der Waals surface area contributed by atoms with Crippen LogP contribution in [0.2, 0.25) is 0 Å². The number of carbonyl (C=O) groups is 1. The van der Waals surface area contributed by atoms with Gasteiger partial charge in [0, 0.05) is 6.92 Å². The van der Waals surface area contributed by atoms with Crippen LogP contribution in [0, 0.1) is 0 Å². The van der Waals surface area contributed by atoms with Gasteiger partial charge in [0.1, 0.15) is 6.61 Å². The molecule has 0 spiro atoms. The average Bonchev–Trinajstić information content (AvgIpc) is 2.11. The second kappa shape index (κ2) is 5.29. The van der Waals surface area contributed by atoms with Crippen LogP contribution in [0.15, 0.2) is 0 Å². The van der Waals surface area contributed by atoms with Crippen LogP contribution in [0.5, 0.6) is 0 Å². The summed E-state index contributed by atoms with van der Waals surface area (Å²) in [5.74, 6) is -12.7. The van der Waals surface area contributed by atoms with Crippen molar-refractivity contribution in [2.75, 3.05) is 6.61 Å². The maximum atomic E-state index is 12.7. The molecular formula is C8H9F7O3. The molecule has 0 N–H and O–H groups in total. The van der Waals surface area contributed by atoms with Gasteiger partial charge in [-0.1, -0.05) is 0 Å². The standard InChI is InChI=1S/C8H9F7O3/c1-4(16)18-5(2)17-3-6(9,10)7(11,12)8(13,14)15/h5H,3H2,1-2H3. The van der Waals surface area contributed by atoms with Gasteiger partial charge in [0.2, 0.25) is 0 Å². The molecule has 0 saturated heterocycles. The fraction of sp³-hybridized carbons (Fsp3) is 0.875. The number of ether oxygens (including phenoxy) is 2. The number of halogens is 7. The SMILES string of the molecule is CC(=O)OC(C)OCC(F)(F)C(F)(F)C(F)(F)F. The molecule has 0 aliphatic carbocycles. The van der Waals surface area contributed by atoms with Crippen molar-refractivity contribution < 1.29 is 45.0 Å². The van der Waals surface area contributed by atoms with E-state index in [1.54, 1.807) is 0 Å². The lowest BCUT2D eigenvalue weighted by atomic mass is 10.2. The number of esters is 1. The van der Waals surface area contributed by atoms with Crippen LogP contribution in [-0.2, 0) is 14.3 Å². The third-order valence-electron chi connectivity index (χ3n) is 1.65. The molecule has 0 saturated carbocycles. The van der Waals surface area contributed by atoms with Crippen LogP contribution >= 0.6 is 0 Å². The highest BCUT2D eigenvalue weighted by atomic mass is 19.4. The van der Waals surface area contributed by atoms with E-state index < -0.39 is 36.9 Å². The highest BCUT2D eigenvalue weighted by Crippen LogP contribution is 2.46.